The first-order chi connectivity index (χ1) is 14.7. The number of H-pyrrole nitrogens is 1. The molecule has 2 fully saturated rings. The van der Waals surface area contributed by atoms with Crippen molar-refractivity contribution in [3.63, 3.8) is 0 Å². The number of esters is 3. The van der Waals surface area contributed by atoms with Crippen LogP contribution >= 0.6 is 0 Å². The van der Waals surface area contributed by atoms with Crippen LogP contribution < -0.4 is 11.2 Å². The SMILES string of the molecule is CC(=O)OC[C@H]1O[C@@H](c2cn(C3CCCC3)c(=O)[nH]c2=O)C(OC(C)=O)C1OC(C)=O. The van der Waals surface area contributed by atoms with Gasteiger partial charge in [0.2, 0.25) is 0 Å². The molecule has 0 bridgehead atoms. The molecular weight excluding hydrogens is 412 g/mol. The first-order valence-corrected chi connectivity index (χ1v) is 10.2. The van der Waals surface area contributed by atoms with E-state index in [0.717, 1.165) is 25.7 Å². The number of nitrogens with one attached hydrogen (secondary N) is 1. The highest BCUT2D eigenvalue weighted by Gasteiger charge is 2.51. The third-order valence-corrected chi connectivity index (χ3v) is 5.38. The van der Waals surface area contributed by atoms with Crippen molar-refractivity contribution in [3.05, 3.63) is 32.6 Å². The maximum absolute atomic E-state index is 12.6. The summed E-state index contributed by atoms with van der Waals surface area (Å²) in [7, 11) is 0. The minimum Gasteiger partial charge on any atom is -0.463 e. The second kappa shape index (κ2) is 9.46. The summed E-state index contributed by atoms with van der Waals surface area (Å²) in [4.78, 5) is 62.0. The minimum atomic E-state index is -1.17. The molecule has 2 aliphatic rings. The molecule has 0 radical (unpaired) electrons. The van der Waals surface area contributed by atoms with Gasteiger partial charge in [0.1, 0.15) is 18.8 Å². The van der Waals surface area contributed by atoms with Crippen LogP contribution in [0.15, 0.2) is 15.8 Å². The first kappa shape index (κ1) is 22.7. The van der Waals surface area contributed by atoms with Crippen molar-refractivity contribution in [2.45, 2.75) is 76.9 Å². The minimum absolute atomic E-state index is 0.0558. The lowest BCUT2D eigenvalue weighted by Gasteiger charge is -2.23. The molecule has 0 amide bonds. The summed E-state index contributed by atoms with van der Waals surface area (Å²) < 4.78 is 23.0. The fourth-order valence-corrected chi connectivity index (χ4v) is 4.12. The van der Waals surface area contributed by atoms with Crippen LogP contribution in [0.4, 0.5) is 0 Å². The van der Waals surface area contributed by atoms with Gasteiger partial charge >= 0.3 is 23.6 Å². The van der Waals surface area contributed by atoms with Crippen LogP contribution in [0.1, 0.15) is 64.2 Å². The van der Waals surface area contributed by atoms with E-state index >= 15 is 0 Å². The van der Waals surface area contributed by atoms with Crippen LogP contribution in [0.2, 0.25) is 0 Å². The number of aromatic nitrogens is 2. The highest BCUT2D eigenvalue weighted by atomic mass is 16.6. The molecular formula is C20H26N2O9. The maximum Gasteiger partial charge on any atom is 0.328 e. The molecule has 0 aromatic carbocycles. The topological polar surface area (TPSA) is 143 Å². The molecule has 1 aromatic heterocycles. The van der Waals surface area contributed by atoms with Crippen LogP contribution in [-0.4, -0.2) is 52.4 Å². The summed E-state index contributed by atoms with van der Waals surface area (Å²) in [5.74, 6) is -1.92. The zero-order valence-corrected chi connectivity index (χ0v) is 17.6. The van der Waals surface area contributed by atoms with Gasteiger partial charge in [0, 0.05) is 33.0 Å². The molecule has 31 heavy (non-hydrogen) atoms. The third kappa shape index (κ3) is 5.22. The van der Waals surface area contributed by atoms with Gasteiger partial charge in [-0.05, 0) is 12.8 Å². The molecule has 1 saturated heterocycles. The molecule has 170 valence electrons. The number of rotatable bonds is 6. The van der Waals surface area contributed by atoms with Crippen LogP contribution in [0.25, 0.3) is 0 Å². The third-order valence-electron chi connectivity index (χ3n) is 5.38. The van der Waals surface area contributed by atoms with E-state index in [1.807, 2.05) is 0 Å². The Morgan fingerprint density at radius 2 is 1.65 bits per heavy atom. The van der Waals surface area contributed by atoms with Gasteiger partial charge in [-0.15, -0.1) is 0 Å². The predicted molar refractivity (Wildman–Crippen MR) is 104 cm³/mol. The lowest BCUT2D eigenvalue weighted by molar-refractivity contribution is -0.165. The summed E-state index contributed by atoms with van der Waals surface area (Å²) >= 11 is 0. The van der Waals surface area contributed by atoms with Crippen molar-refractivity contribution >= 4 is 17.9 Å². The molecule has 2 unspecified atom stereocenters. The zero-order chi connectivity index (χ0) is 22.7. The van der Waals surface area contributed by atoms with E-state index in [1.54, 1.807) is 0 Å². The monoisotopic (exact) mass is 438 g/mol. The van der Waals surface area contributed by atoms with Gasteiger partial charge in [-0.2, -0.15) is 0 Å². The molecule has 4 atom stereocenters. The first-order valence-electron chi connectivity index (χ1n) is 10.2. The summed E-state index contributed by atoms with van der Waals surface area (Å²) in [6.45, 7) is 3.28. The predicted octanol–water partition coefficient (Wildman–Crippen LogP) is 0.518. The number of carbonyl (C=O) groups is 3. The highest BCUT2D eigenvalue weighted by Crippen LogP contribution is 2.37. The molecule has 1 aliphatic carbocycles. The van der Waals surface area contributed by atoms with E-state index < -0.39 is 53.6 Å². The van der Waals surface area contributed by atoms with E-state index in [2.05, 4.69) is 4.98 Å². The van der Waals surface area contributed by atoms with Crippen molar-refractivity contribution in [1.82, 2.24) is 9.55 Å². The van der Waals surface area contributed by atoms with Gasteiger partial charge in [0.25, 0.3) is 5.56 Å². The van der Waals surface area contributed by atoms with E-state index in [9.17, 15) is 24.0 Å². The Morgan fingerprint density at radius 3 is 2.23 bits per heavy atom. The van der Waals surface area contributed by atoms with Gasteiger partial charge in [-0.3, -0.25) is 28.7 Å². The summed E-state index contributed by atoms with van der Waals surface area (Å²) in [6.07, 6.45) is 0.567. The quantitative estimate of drug-likeness (QED) is 0.496. The van der Waals surface area contributed by atoms with Crippen LogP contribution in [0, 0.1) is 0 Å². The van der Waals surface area contributed by atoms with Crippen molar-refractivity contribution in [2.75, 3.05) is 6.61 Å². The Morgan fingerprint density at radius 1 is 1.03 bits per heavy atom. The Kier molecular flexibility index (Phi) is 6.94. The summed E-state index contributed by atoms with van der Waals surface area (Å²) in [5, 5.41) is 0. The van der Waals surface area contributed by atoms with E-state index in [0.29, 0.717) is 0 Å². The molecule has 11 heteroatoms. The largest absolute Gasteiger partial charge is 0.463 e. The fraction of sp³-hybridized carbons (Fsp3) is 0.650. The molecule has 11 nitrogen and oxygen atoms in total. The van der Waals surface area contributed by atoms with Crippen molar-refractivity contribution in [2.24, 2.45) is 0 Å². The Hall–Kier alpha value is -2.95. The molecule has 1 saturated carbocycles. The number of hydrogen-bond acceptors (Lipinski definition) is 9. The lowest BCUT2D eigenvalue weighted by atomic mass is 10.0. The molecule has 1 N–H and O–H groups in total. The van der Waals surface area contributed by atoms with Gasteiger partial charge in [-0.25, -0.2) is 4.79 Å². The van der Waals surface area contributed by atoms with Crippen molar-refractivity contribution < 1.29 is 33.3 Å². The van der Waals surface area contributed by atoms with Gasteiger partial charge in [0.15, 0.2) is 12.2 Å². The van der Waals surface area contributed by atoms with E-state index in [-0.39, 0.29) is 18.2 Å². The highest BCUT2D eigenvalue weighted by molar-refractivity contribution is 5.68. The summed E-state index contributed by atoms with van der Waals surface area (Å²) in [5.41, 5.74) is -1.17. The number of hydrogen-bond donors (Lipinski definition) is 1. The summed E-state index contributed by atoms with van der Waals surface area (Å²) in [6, 6.07) is -0.0576. The average molecular weight is 438 g/mol. The van der Waals surface area contributed by atoms with Crippen molar-refractivity contribution in [3.8, 4) is 0 Å². The molecule has 1 aliphatic heterocycles. The molecule has 2 heterocycles. The van der Waals surface area contributed by atoms with E-state index in [4.69, 9.17) is 18.9 Å². The van der Waals surface area contributed by atoms with Crippen LogP contribution in [-0.2, 0) is 33.3 Å². The number of ether oxygens (including phenoxy) is 4. The average Bonchev–Trinajstić information content (AvgIpc) is 3.29. The number of carbonyl (C=O) groups excluding carboxylic acids is 3. The van der Waals surface area contributed by atoms with Crippen molar-refractivity contribution in [1.29, 1.82) is 0 Å². The second-order valence-electron chi connectivity index (χ2n) is 7.74. The second-order valence-corrected chi connectivity index (χ2v) is 7.74. The smallest absolute Gasteiger partial charge is 0.328 e. The molecule has 3 rings (SSSR count). The van der Waals surface area contributed by atoms with Gasteiger partial charge in [-0.1, -0.05) is 12.8 Å². The fourth-order valence-electron chi connectivity index (χ4n) is 4.12. The maximum atomic E-state index is 12.6. The van der Waals surface area contributed by atoms with Crippen LogP contribution in [0.5, 0.6) is 0 Å². The van der Waals surface area contributed by atoms with Crippen LogP contribution in [0.3, 0.4) is 0 Å². The standard InChI is InChI=1S/C20H26N2O9/c1-10(23)28-9-15-17(29-11(2)24)18(30-12(3)25)16(31-15)14-8-22(13-6-4-5-7-13)20(27)21-19(14)26/h8,13,15-18H,4-7,9H2,1-3H3,(H,21,26,27)/t15-,16+,17?,18?/m1/s1. The normalized spacial score (nSPS) is 25.9. The zero-order valence-electron chi connectivity index (χ0n) is 17.6. The molecule has 0 spiro atoms. The van der Waals surface area contributed by atoms with Gasteiger partial charge in [0.05, 0.1) is 5.56 Å². The van der Waals surface area contributed by atoms with E-state index in [1.165, 1.54) is 31.5 Å². The Bertz CT molecular complexity index is 960. The van der Waals surface area contributed by atoms with Gasteiger partial charge < -0.3 is 18.9 Å². The number of nitrogens with zero attached hydrogens (tertiary/aromatic N) is 1. The Balaban J connectivity index is 2.02. The Labute approximate surface area is 177 Å². The number of aromatic amines is 1. The molecule has 1 aromatic rings. The lowest BCUT2D eigenvalue weighted by Crippen LogP contribution is -2.41.